The van der Waals surface area contributed by atoms with Crippen LogP contribution < -0.4 is 21.3 Å². The fourth-order valence-electron chi connectivity index (χ4n) is 6.25. The number of thiazole rings is 1. The Kier molecular flexibility index (Phi) is 9.10. The molecule has 4 aromatic rings. The van der Waals surface area contributed by atoms with Crippen molar-refractivity contribution in [1.82, 2.24) is 31.4 Å². The molecule has 3 heterocycles. The lowest BCUT2D eigenvalue weighted by Crippen LogP contribution is -2.58. The van der Waals surface area contributed by atoms with Gasteiger partial charge in [-0.3, -0.25) is 24.0 Å². The van der Waals surface area contributed by atoms with Gasteiger partial charge in [0.25, 0.3) is 5.91 Å². The van der Waals surface area contributed by atoms with E-state index in [1.807, 2.05) is 18.2 Å². The standard InChI is InChI=1S/C34H35FN6O6S/c1-17(2)27(39-30(44)25-14-18(3)47-41-25)32(46)37-24(15-19-8-10-20(35)11-9-19)31(45)40-34(16-22(34)21-12-13-36-29(21)43)28(42)33-38-23-6-4-5-7-26(23)48-33/h4-11,14,17,21-22,24,27H,12-13,15-16H2,1-3H3,(H,36,43)(H,37,46)(H,39,44)(H,40,45)/t21-,22-,24-,27-,34+/m0/s1. The summed E-state index contributed by atoms with van der Waals surface area (Å²) in [7, 11) is 0. The van der Waals surface area contributed by atoms with E-state index in [4.69, 9.17) is 4.52 Å². The summed E-state index contributed by atoms with van der Waals surface area (Å²) in [6, 6.07) is 12.0. The largest absolute Gasteiger partial charge is 0.361 e. The summed E-state index contributed by atoms with van der Waals surface area (Å²) in [6.07, 6.45) is 0.703. The minimum Gasteiger partial charge on any atom is -0.361 e. The number of aromatic nitrogens is 2. The van der Waals surface area contributed by atoms with Gasteiger partial charge in [0.05, 0.1) is 10.2 Å². The maximum absolute atomic E-state index is 14.2. The molecule has 250 valence electrons. The van der Waals surface area contributed by atoms with E-state index in [-0.39, 0.29) is 29.5 Å². The zero-order valence-corrected chi connectivity index (χ0v) is 27.4. The van der Waals surface area contributed by atoms with Crippen LogP contribution in [0.1, 0.15) is 58.3 Å². The Bertz CT molecular complexity index is 1860. The van der Waals surface area contributed by atoms with Crippen molar-refractivity contribution in [2.75, 3.05) is 6.54 Å². The number of hydrogen-bond acceptors (Lipinski definition) is 9. The van der Waals surface area contributed by atoms with Gasteiger partial charge >= 0.3 is 0 Å². The topological polar surface area (TPSA) is 172 Å². The number of fused-ring (bicyclic) bond motifs is 1. The summed E-state index contributed by atoms with van der Waals surface area (Å²) in [5, 5.41) is 15.1. The Morgan fingerprint density at radius 3 is 2.48 bits per heavy atom. The molecule has 2 aromatic heterocycles. The highest BCUT2D eigenvalue weighted by Gasteiger charge is 2.66. The summed E-state index contributed by atoms with van der Waals surface area (Å²) in [4.78, 5) is 72.3. The van der Waals surface area contributed by atoms with Gasteiger partial charge in [0.2, 0.25) is 23.5 Å². The lowest BCUT2D eigenvalue weighted by atomic mass is 9.95. The number of nitrogens with zero attached hydrogens (tertiary/aromatic N) is 2. The SMILES string of the molecule is Cc1cc(C(=O)N[C@H](C(=O)N[C@@H](Cc2ccc(F)cc2)C(=O)N[C@]2(C(=O)c3nc4ccccc4s3)C[C@H]2[C@@H]2CCNC2=O)C(C)C)no1. The predicted molar refractivity (Wildman–Crippen MR) is 173 cm³/mol. The number of carbonyl (C=O) groups excluding carboxylic acids is 5. The number of nitrogens with one attached hydrogen (secondary N) is 4. The molecule has 0 spiro atoms. The van der Waals surface area contributed by atoms with Crippen LogP contribution in [0.25, 0.3) is 10.2 Å². The molecule has 2 fully saturated rings. The highest BCUT2D eigenvalue weighted by molar-refractivity contribution is 7.20. The highest BCUT2D eigenvalue weighted by Crippen LogP contribution is 2.52. The van der Waals surface area contributed by atoms with E-state index in [1.54, 1.807) is 26.8 Å². The van der Waals surface area contributed by atoms with Crippen LogP contribution in [0.5, 0.6) is 0 Å². The first-order valence-electron chi connectivity index (χ1n) is 15.7. The third-order valence-corrected chi connectivity index (χ3v) is 9.95. The molecule has 1 aliphatic heterocycles. The third-order valence-electron chi connectivity index (χ3n) is 8.91. The predicted octanol–water partition coefficient (Wildman–Crippen LogP) is 3.11. The lowest BCUT2D eigenvalue weighted by Gasteiger charge is -2.27. The van der Waals surface area contributed by atoms with Crippen molar-refractivity contribution in [1.29, 1.82) is 0 Å². The van der Waals surface area contributed by atoms with E-state index in [0.29, 0.717) is 29.8 Å². The minimum atomic E-state index is -1.42. The van der Waals surface area contributed by atoms with Crippen LogP contribution in [0.15, 0.2) is 59.1 Å². The number of para-hydroxylation sites is 1. The number of carbonyl (C=O) groups is 5. The number of amides is 4. The van der Waals surface area contributed by atoms with Crippen molar-refractivity contribution >= 4 is 51.0 Å². The van der Waals surface area contributed by atoms with Gasteiger partial charge in [-0.15, -0.1) is 11.3 Å². The maximum Gasteiger partial charge on any atom is 0.274 e. The van der Waals surface area contributed by atoms with Crippen molar-refractivity contribution in [3.8, 4) is 0 Å². The van der Waals surface area contributed by atoms with Gasteiger partial charge in [0.15, 0.2) is 10.7 Å². The normalized spacial score (nSPS) is 21.4. The van der Waals surface area contributed by atoms with Gasteiger partial charge in [0.1, 0.15) is 29.2 Å². The Balaban J connectivity index is 1.28. The third kappa shape index (κ3) is 6.70. The lowest BCUT2D eigenvalue weighted by molar-refractivity contribution is -0.131. The molecular formula is C34H35FN6O6S. The van der Waals surface area contributed by atoms with Gasteiger partial charge in [-0.1, -0.05) is 43.3 Å². The monoisotopic (exact) mass is 674 g/mol. The number of aryl methyl sites for hydroxylation is 1. The zero-order valence-electron chi connectivity index (χ0n) is 26.5. The Labute approximate surface area is 279 Å². The minimum absolute atomic E-state index is 0.00224. The van der Waals surface area contributed by atoms with Crippen LogP contribution >= 0.6 is 11.3 Å². The Morgan fingerprint density at radius 1 is 1.08 bits per heavy atom. The van der Waals surface area contributed by atoms with Crippen molar-refractivity contribution in [2.45, 2.75) is 57.7 Å². The molecular weight excluding hydrogens is 639 g/mol. The number of benzene rings is 2. The van der Waals surface area contributed by atoms with Crippen molar-refractivity contribution in [3.63, 3.8) is 0 Å². The van der Waals surface area contributed by atoms with Crippen LogP contribution in [0.3, 0.4) is 0 Å². The smallest absolute Gasteiger partial charge is 0.274 e. The molecule has 14 heteroatoms. The van der Waals surface area contributed by atoms with E-state index < -0.39 is 64.7 Å². The quantitative estimate of drug-likeness (QED) is 0.166. The zero-order chi connectivity index (χ0) is 34.2. The molecule has 2 aromatic carbocycles. The van der Waals surface area contributed by atoms with E-state index >= 15 is 0 Å². The fraction of sp³-hybridized carbons (Fsp3) is 0.382. The molecule has 5 atom stereocenters. The second kappa shape index (κ2) is 13.3. The molecule has 0 bridgehead atoms. The van der Waals surface area contributed by atoms with E-state index in [2.05, 4.69) is 31.4 Å². The van der Waals surface area contributed by atoms with Gasteiger partial charge in [-0.25, -0.2) is 9.37 Å². The van der Waals surface area contributed by atoms with Crippen LogP contribution in [-0.4, -0.2) is 63.7 Å². The number of halogens is 1. The molecule has 0 radical (unpaired) electrons. The Morgan fingerprint density at radius 2 is 1.83 bits per heavy atom. The maximum atomic E-state index is 14.2. The molecule has 12 nitrogen and oxygen atoms in total. The van der Waals surface area contributed by atoms with Crippen LogP contribution in [0.2, 0.25) is 0 Å². The Hall–Kier alpha value is -4.98. The number of ketones is 1. The number of rotatable bonds is 12. The fourth-order valence-corrected chi connectivity index (χ4v) is 7.24. The molecule has 1 aliphatic carbocycles. The summed E-state index contributed by atoms with van der Waals surface area (Å²) in [5.74, 6) is -3.90. The van der Waals surface area contributed by atoms with E-state index in [1.165, 1.54) is 41.7 Å². The van der Waals surface area contributed by atoms with Crippen LogP contribution in [0, 0.1) is 30.5 Å². The second-order valence-electron chi connectivity index (χ2n) is 12.7. The summed E-state index contributed by atoms with van der Waals surface area (Å²) in [6.45, 7) is 5.58. The highest BCUT2D eigenvalue weighted by atomic mass is 32.1. The van der Waals surface area contributed by atoms with Gasteiger partial charge in [-0.2, -0.15) is 0 Å². The van der Waals surface area contributed by atoms with E-state index in [9.17, 15) is 28.4 Å². The van der Waals surface area contributed by atoms with E-state index in [0.717, 1.165) is 4.70 Å². The van der Waals surface area contributed by atoms with Crippen LogP contribution in [0.4, 0.5) is 4.39 Å². The molecule has 4 amide bonds. The summed E-state index contributed by atoms with van der Waals surface area (Å²) in [5.41, 5.74) is -0.224. The summed E-state index contributed by atoms with van der Waals surface area (Å²) >= 11 is 1.21. The first kappa shape index (κ1) is 32.9. The molecule has 1 saturated carbocycles. The molecule has 48 heavy (non-hydrogen) atoms. The first-order valence-corrected chi connectivity index (χ1v) is 16.6. The molecule has 6 rings (SSSR count). The van der Waals surface area contributed by atoms with Gasteiger partial charge < -0.3 is 25.8 Å². The van der Waals surface area contributed by atoms with Crippen LogP contribution in [-0.2, 0) is 20.8 Å². The second-order valence-corrected chi connectivity index (χ2v) is 13.7. The summed E-state index contributed by atoms with van der Waals surface area (Å²) < 4.78 is 19.5. The first-order chi connectivity index (χ1) is 22.9. The molecule has 2 aliphatic rings. The van der Waals surface area contributed by atoms with Crippen molar-refractivity contribution in [3.05, 3.63) is 82.4 Å². The van der Waals surface area contributed by atoms with Crippen molar-refractivity contribution < 1.29 is 32.9 Å². The van der Waals surface area contributed by atoms with Gasteiger partial charge in [-0.05, 0) is 55.5 Å². The molecule has 4 N–H and O–H groups in total. The average molecular weight is 675 g/mol. The molecule has 0 unspecified atom stereocenters. The number of Topliss-reactive ketones (excluding diaryl/α,β-unsaturated/α-hetero) is 1. The average Bonchev–Trinajstić information content (AvgIpc) is 3.41. The molecule has 1 saturated heterocycles. The van der Waals surface area contributed by atoms with Crippen molar-refractivity contribution in [2.24, 2.45) is 17.8 Å². The van der Waals surface area contributed by atoms with Gasteiger partial charge in [0, 0.05) is 30.9 Å². The number of hydrogen-bond donors (Lipinski definition) is 4.